The lowest BCUT2D eigenvalue weighted by atomic mass is 10.1. The molecule has 0 atom stereocenters. The van der Waals surface area contributed by atoms with E-state index in [1.165, 1.54) is 6.42 Å². The van der Waals surface area contributed by atoms with Crippen LogP contribution in [0.1, 0.15) is 24.8 Å². The van der Waals surface area contributed by atoms with Crippen molar-refractivity contribution in [1.29, 1.82) is 0 Å². The van der Waals surface area contributed by atoms with E-state index in [4.69, 9.17) is 4.74 Å². The molecule has 5 heteroatoms. The molecule has 0 aromatic heterocycles. The zero-order chi connectivity index (χ0) is 15.8. The van der Waals surface area contributed by atoms with E-state index in [0.29, 0.717) is 5.75 Å². The quantitative estimate of drug-likeness (QED) is 0.550. The van der Waals surface area contributed by atoms with Gasteiger partial charge in [-0.05, 0) is 42.7 Å². The topological polar surface area (TPSA) is 32.8 Å². The standard InChI is InChI=1S/C15H22N2O2.CH3I/c1-12-7-8-13(16(2)3)11-14(12)19-15(18)17-9-5-4-6-10-17;1-2/h7-8,11H,4-6,9-10H2,1-3H3;1H3. The van der Waals surface area contributed by atoms with Crippen LogP contribution in [0, 0.1) is 6.92 Å². The molecule has 1 saturated heterocycles. The molecule has 0 aliphatic carbocycles. The highest BCUT2D eigenvalue weighted by Crippen LogP contribution is 2.25. The molecule has 1 aliphatic heterocycles. The number of hydrogen-bond donors (Lipinski definition) is 0. The normalized spacial score (nSPS) is 14.0. The van der Waals surface area contributed by atoms with Crippen molar-refractivity contribution in [3.05, 3.63) is 23.8 Å². The Hall–Kier alpha value is -0.980. The van der Waals surface area contributed by atoms with Crippen molar-refractivity contribution < 1.29 is 9.53 Å². The number of ether oxygens (including phenoxy) is 1. The first-order chi connectivity index (χ1) is 10.1. The van der Waals surface area contributed by atoms with Gasteiger partial charge in [0, 0.05) is 38.9 Å². The summed E-state index contributed by atoms with van der Waals surface area (Å²) in [6.07, 6.45) is 3.13. The molecule has 1 aromatic carbocycles. The lowest BCUT2D eigenvalue weighted by Crippen LogP contribution is -2.37. The number of likely N-dealkylation sites (tertiary alicyclic amines) is 1. The molecular weight excluding hydrogens is 379 g/mol. The van der Waals surface area contributed by atoms with Gasteiger partial charge in [0.2, 0.25) is 0 Å². The Morgan fingerprint density at radius 1 is 1.19 bits per heavy atom. The Balaban J connectivity index is 0.00000106. The predicted molar refractivity (Wildman–Crippen MR) is 96.9 cm³/mol. The molecule has 0 saturated carbocycles. The number of alkyl halides is 1. The van der Waals surface area contributed by atoms with Crippen molar-refractivity contribution in [3.63, 3.8) is 0 Å². The van der Waals surface area contributed by atoms with Crippen molar-refractivity contribution in [3.8, 4) is 5.75 Å². The van der Waals surface area contributed by atoms with Gasteiger partial charge in [-0.25, -0.2) is 4.79 Å². The summed E-state index contributed by atoms with van der Waals surface area (Å²) in [5.74, 6) is 0.654. The second-order valence-corrected chi connectivity index (χ2v) is 5.26. The second kappa shape index (κ2) is 9.12. The van der Waals surface area contributed by atoms with Crippen molar-refractivity contribution in [2.45, 2.75) is 26.2 Å². The largest absolute Gasteiger partial charge is 0.415 e. The predicted octanol–water partition coefficient (Wildman–Crippen LogP) is 4.10. The number of carbonyl (C=O) groups is 1. The van der Waals surface area contributed by atoms with E-state index < -0.39 is 0 Å². The van der Waals surface area contributed by atoms with Crippen LogP contribution >= 0.6 is 22.6 Å². The molecule has 1 heterocycles. The third kappa shape index (κ3) is 5.37. The summed E-state index contributed by atoms with van der Waals surface area (Å²) in [6.45, 7) is 3.58. The Morgan fingerprint density at radius 3 is 2.38 bits per heavy atom. The van der Waals surface area contributed by atoms with Crippen molar-refractivity contribution in [1.82, 2.24) is 4.90 Å². The summed E-state index contributed by atoms with van der Waals surface area (Å²) in [5.41, 5.74) is 2.02. The third-order valence-electron chi connectivity index (χ3n) is 3.50. The van der Waals surface area contributed by atoms with Gasteiger partial charge in [-0.15, -0.1) is 0 Å². The zero-order valence-electron chi connectivity index (χ0n) is 13.4. The maximum atomic E-state index is 12.1. The Morgan fingerprint density at radius 2 is 1.81 bits per heavy atom. The van der Waals surface area contributed by atoms with Crippen molar-refractivity contribution in [2.24, 2.45) is 0 Å². The molecule has 0 radical (unpaired) electrons. The number of amides is 1. The average molecular weight is 404 g/mol. The van der Waals surface area contributed by atoms with Gasteiger partial charge in [0.25, 0.3) is 0 Å². The highest BCUT2D eigenvalue weighted by atomic mass is 127. The first kappa shape index (κ1) is 18.1. The summed E-state index contributed by atoms with van der Waals surface area (Å²) in [6, 6.07) is 5.92. The lowest BCUT2D eigenvalue weighted by Gasteiger charge is -2.26. The molecule has 1 fully saturated rings. The molecule has 1 aliphatic rings. The van der Waals surface area contributed by atoms with E-state index in [-0.39, 0.29) is 6.09 Å². The summed E-state index contributed by atoms with van der Waals surface area (Å²) in [4.78, 5) is 17.9. The number of nitrogens with zero attached hydrogens (tertiary/aromatic N) is 2. The number of rotatable bonds is 2. The average Bonchev–Trinajstić information content (AvgIpc) is 2.52. The Bertz CT molecular complexity index is 458. The van der Waals surface area contributed by atoms with Gasteiger partial charge in [0.15, 0.2) is 0 Å². The number of hydrogen-bond acceptors (Lipinski definition) is 3. The summed E-state index contributed by atoms with van der Waals surface area (Å²) >= 11 is 2.15. The molecule has 118 valence electrons. The molecule has 0 N–H and O–H groups in total. The molecule has 0 bridgehead atoms. The summed E-state index contributed by atoms with van der Waals surface area (Å²) < 4.78 is 5.54. The minimum Gasteiger partial charge on any atom is -0.410 e. The van der Waals surface area contributed by atoms with Crippen LogP contribution in [0.4, 0.5) is 10.5 Å². The van der Waals surface area contributed by atoms with Crippen LogP contribution < -0.4 is 9.64 Å². The van der Waals surface area contributed by atoms with Gasteiger partial charge in [-0.1, -0.05) is 28.7 Å². The van der Waals surface area contributed by atoms with E-state index in [1.54, 1.807) is 4.90 Å². The van der Waals surface area contributed by atoms with E-state index in [9.17, 15) is 4.79 Å². The molecule has 2 rings (SSSR count). The fourth-order valence-electron chi connectivity index (χ4n) is 2.21. The number of anilines is 1. The first-order valence-corrected chi connectivity index (χ1v) is 9.36. The summed E-state index contributed by atoms with van der Waals surface area (Å²) in [7, 11) is 3.95. The fraction of sp³-hybridized carbons (Fsp3) is 0.562. The second-order valence-electron chi connectivity index (χ2n) is 5.26. The molecular formula is C16H25IN2O2. The third-order valence-corrected chi connectivity index (χ3v) is 3.50. The lowest BCUT2D eigenvalue weighted by molar-refractivity contribution is 0.142. The van der Waals surface area contributed by atoms with Crippen LogP contribution in [-0.2, 0) is 0 Å². The van der Waals surface area contributed by atoms with Crippen LogP contribution in [0.25, 0.3) is 0 Å². The first-order valence-electron chi connectivity index (χ1n) is 7.20. The molecule has 1 amide bonds. The Labute approximate surface area is 141 Å². The molecule has 21 heavy (non-hydrogen) atoms. The molecule has 0 unspecified atom stereocenters. The minimum absolute atomic E-state index is 0.223. The van der Waals surface area contributed by atoms with Crippen LogP contribution in [0.5, 0.6) is 5.75 Å². The maximum Gasteiger partial charge on any atom is 0.415 e. The SMILES string of the molecule is CI.Cc1ccc(N(C)C)cc1OC(=O)N1CCCCC1. The highest BCUT2D eigenvalue weighted by molar-refractivity contribution is 14.1. The van der Waals surface area contributed by atoms with Gasteiger partial charge < -0.3 is 14.5 Å². The van der Waals surface area contributed by atoms with Gasteiger partial charge in [0.1, 0.15) is 5.75 Å². The smallest absolute Gasteiger partial charge is 0.410 e. The highest BCUT2D eigenvalue weighted by Gasteiger charge is 2.19. The van der Waals surface area contributed by atoms with Crippen molar-refractivity contribution in [2.75, 3.05) is 37.0 Å². The van der Waals surface area contributed by atoms with E-state index in [2.05, 4.69) is 22.6 Å². The van der Waals surface area contributed by atoms with Gasteiger partial charge in [-0.3, -0.25) is 0 Å². The zero-order valence-corrected chi connectivity index (χ0v) is 15.5. The minimum atomic E-state index is -0.223. The number of halogens is 1. The van der Waals surface area contributed by atoms with E-state index >= 15 is 0 Å². The fourth-order valence-corrected chi connectivity index (χ4v) is 2.21. The molecule has 1 aromatic rings. The van der Waals surface area contributed by atoms with Crippen LogP contribution in [0.3, 0.4) is 0 Å². The molecule has 4 nitrogen and oxygen atoms in total. The van der Waals surface area contributed by atoms with E-state index in [0.717, 1.165) is 37.2 Å². The number of aryl methyl sites for hydroxylation is 1. The van der Waals surface area contributed by atoms with Gasteiger partial charge in [0.05, 0.1) is 0 Å². The maximum absolute atomic E-state index is 12.1. The number of piperidine rings is 1. The van der Waals surface area contributed by atoms with Crippen molar-refractivity contribution >= 4 is 34.4 Å². The van der Waals surface area contributed by atoms with Crippen LogP contribution in [0.2, 0.25) is 0 Å². The van der Waals surface area contributed by atoms with E-state index in [1.807, 2.05) is 49.0 Å². The molecule has 0 spiro atoms. The monoisotopic (exact) mass is 404 g/mol. The Kier molecular flexibility index (Phi) is 7.85. The van der Waals surface area contributed by atoms with Gasteiger partial charge >= 0.3 is 6.09 Å². The number of benzene rings is 1. The van der Waals surface area contributed by atoms with Crippen LogP contribution in [0.15, 0.2) is 18.2 Å². The van der Waals surface area contributed by atoms with Gasteiger partial charge in [-0.2, -0.15) is 0 Å². The van der Waals surface area contributed by atoms with Crippen LogP contribution in [-0.4, -0.2) is 43.1 Å². The number of carbonyl (C=O) groups excluding carboxylic acids is 1. The summed E-state index contributed by atoms with van der Waals surface area (Å²) in [5, 5.41) is 0.